The lowest BCUT2D eigenvalue weighted by molar-refractivity contribution is -0.0594. The number of aliphatic hydroxyl groups excluding tert-OH is 1. The Kier molecular flexibility index (Phi) is 9.27. The van der Waals surface area contributed by atoms with Crippen LogP contribution in [0.15, 0.2) is 54.6 Å². The van der Waals surface area contributed by atoms with Crippen molar-refractivity contribution in [1.29, 1.82) is 0 Å². The molecule has 7 nitrogen and oxygen atoms in total. The SMILES string of the molecule is Cc1nn(-c2ccccc2)c(Oc2ccccc2Cl)c1CN(CC(O)COC(C)(C)C)CC1CCCO1. The molecule has 200 valence electrons. The van der Waals surface area contributed by atoms with Crippen LogP contribution in [-0.2, 0) is 16.0 Å². The smallest absolute Gasteiger partial charge is 0.227 e. The van der Waals surface area contributed by atoms with Crippen molar-refractivity contribution >= 4 is 11.6 Å². The summed E-state index contributed by atoms with van der Waals surface area (Å²) in [6, 6.07) is 17.3. The van der Waals surface area contributed by atoms with Crippen molar-refractivity contribution in [3.63, 3.8) is 0 Å². The molecule has 1 aromatic heterocycles. The molecule has 1 fully saturated rings. The Hall–Kier alpha value is -2.42. The number of halogens is 1. The van der Waals surface area contributed by atoms with Crippen LogP contribution < -0.4 is 4.74 Å². The molecular weight excluding hydrogens is 490 g/mol. The molecule has 1 aliphatic heterocycles. The van der Waals surface area contributed by atoms with Crippen molar-refractivity contribution < 1.29 is 19.3 Å². The van der Waals surface area contributed by atoms with Gasteiger partial charge >= 0.3 is 0 Å². The van der Waals surface area contributed by atoms with Crippen LogP contribution in [0.1, 0.15) is 44.9 Å². The second-order valence-electron chi connectivity index (χ2n) is 10.6. The van der Waals surface area contributed by atoms with E-state index in [0.717, 1.165) is 36.4 Å². The summed E-state index contributed by atoms with van der Waals surface area (Å²) in [4.78, 5) is 2.21. The summed E-state index contributed by atoms with van der Waals surface area (Å²) in [5.74, 6) is 1.17. The molecular formula is C29H38ClN3O4. The molecule has 2 unspecified atom stereocenters. The summed E-state index contributed by atoms with van der Waals surface area (Å²) in [6.45, 7) is 10.7. The number of aryl methyl sites for hydroxylation is 1. The molecule has 1 saturated heterocycles. The van der Waals surface area contributed by atoms with Gasteiger partial charge in [-0.2, -0.15) is 5.10 Å². The molecule has 2 aromatic carbocycles. The van der Waals surface area contributed by atoms with E-state index in [1.807, 2.05) is 87.0 Å². The summed E-state index contributed by atoms with van der Waals surface area (Å²) >= 11 is 6.46. The normalized spacial score (nSPS) is 16.9. The lowest BCUT2D eigenvalue weighted by Gasteiger charge is -2.29. The topological polar surface area (TPSA) is 69.0 Å². The van der Waals surface area contributed by atoms with Crippen molar-refractivity contribution in [3.05, 3.63) is 70.9 Å². The first-order chi connectivity index (χ1) is 17.7. The lowest BCUT2D eigenvalue weighted by atomic mass is 10.1. The Morgan fingerprint density at radius 3 is 2.57 bits per heavy atom. The molecule has 1 N–H and O–H groups in total. The second-order valence-corrected chi connectivity index (χ2v) is 11.0. The van der Waals surface area contributed by atoms with Crippen molar-refractivity contribution in [2.24, 2.45) is 0 Å². The zero-order chi connectivity index (χ0) is 26.4. The predicted molar refractivity (Wildman–Crippen MR) is 146 cm³/mol. The second kappa shape index (κ2) is 12.4. The molecule has 8 heteroatoms. The van der Waals surface area contributed by atoms with Crippen LogP contribution in [0.25, 0.3) is 5.69 Å². The molecule has 0 saturated carbocycles. The third-order valence-electron chi connectivity index (χ3n) is 6.23. The maximum absolute atomic E-state index is 10.9. The van der Waals surface area contributed by atoms with Gasteiger partial charge in [-0.25, -0.2) is 4.68 Å². The zero-order valence-corrected chi connectivity index (χ0v) is 22.9. The summed E-state index contributed by atoms with van der Waals surface area (Å²) < 4.78 is 20.0. The van der Waals surface area contributed by atoms with Crippen molar-refractivity contribution in [3.8, 4) is 17.3 Å². The molecule has 4 rings (SSSR count). The monoisotopic (exact) mass is 527 g/mol. The number of rotatable bonds is 11. The molecule has 0 amide bonds. The third kappa shape index (κ3) is 7.79. The Labute approximate surface area is 224 Å². The summed E-state index contributed by atoms with van der Waals surface area (Å²) in [7, 11) is 0. The highest BCUT2D eigenvalue weighted by molar-refractivity contribution is 6.32. The van der Waals surface area contributed by atoms with E-state index in [1.54, 1.807) is 0 Å². The number of benzene rings is 2. The van der Waals surface area contributed by atoms with E-state index >= 15 is 0 Å². The number of aromatic nitrogens is 2. The van der Waals surface area contributed by atoms with E-state index in [2.05, 4.69) is 4.90 Å². The average molecular weight is 528 g/mol. The van der Waals surface area contributed by atoms with E-state index < -0.39 is 6.10 Å². The van der Waals surface area contributed by atoms with Crippen LogP contribution in [-0.4, -0.2) is 63.9 Å². The van der Waals surface area contributed by atoms with Crippen LogP contribution in [0.2, 0.25) is 5.02 Å². The minimum Gasteiger partial charge on any atom is -0.437 e. The number of nitrogens with zero attached hydrogens (tertiary/aromatic N) is 3. The summed E-state index contributed by atoms with van der Waals surface area (Å²) in [6.07, 6.45) is 1.56. The third-order valence-corrected chi connectivity index (χ3v) is 6.54. The Morgan fingerprint density at radius 1 is 1.16 bits per heavy atom. The first-order valence-electron chi connectivity index (χ1n) is 12.9. The van der Waals surface area contributed by atoms with E-state index in [-0.39, 0.29) is 18.3 Å². The first-order valence-corrected chi connectivity index (χ1v) is 13.3. The highest BCUT2D eigenvalue weighted by Crippen LogP contribution is 2.35. The van der Waals surface area contributed by atoms with E-state index in [0.29, 0.717) is 36.3 Å². The summed E-state index contributed by atoms with van der Waals surface area (Å²) in [5, 5.41) is 16.2. The average Bonchev–Trinajstić information content (AvgIpc) is 3.48. The number of aliphatic hydroxyl groups is 1. The van der Waals surface area contributed by atoms with Gasteiger partial charge in [-0.15, -0.1) is 0 Å². The van der Waals surface area contributed by atoms with Gasteiger partial charge in [0.25, 0.3) is 0 Å². The van der Waals surface area contributed by atoms with Gasteiger partial charge in [-0.05, 0) is 64.8 Å². The van der Waals surface area contributed by atoms with Gasteiger partial charge < -0.3 is 19.3 Å². The first kappa shape index (κ1) is 27.6. The predicted octanol–water partition coefficient (Wildman–Crippen LogP) is 5.78. The van der Waals surface area contributed by atoms with E-state index in [9.17, 15) is 5.11 Å². The van der Waals surface area contributed by atoms with Gasteiger partial charge in [0.15, 0.2) is 0 Å². The Morgan fingerprint density at radius 2 is 1.89 bits per heavy atom. The van der Waals surface area contributed by atoms with Crippen LogP contribution >= 0.6 is 11.6 Å². The quantitative estimate of drug-likeness (QED) is 0.341. The van der Waals surface area contributed by atoms with Crippen LogP contribution in [0.5, 0.6) is 11.6 Å². The van der Waals surface area contributed by atoms with Gasteiger partial charge in [0, 0.05) is 26.2 Å². The van der Waals surface area contributed by atoms with Gasteiger partial charge in [0.05, 0.1) is 46.4 Å². The Balaban J connectivity index is 1.65. The molecule has 0 spiro atoms. The van der Waals surface area contributed by atoms with Crippen molar-refractivity contribution in [1.82, 2.24) is 14.7 Å². The molecule has 3 aromatic rings. The molecule has 0 aliphatic carbocycles. The number of ether oxygens (including phenoxy) is 3. The molecule has 37 heavy (non-hydrogen) atoms. The van der Waals surface area contributed by atoms with E-state index in [1.165, 1.54) is 0 Å². The van der Waals surface area contributed by atoms with Crippen molar-refractivity contribution in [2.75, 3.05) is 26.3 Å². The lowest BCUT2D eigenvalue weighted by Crippen LogP contribution is -2.40. The highest BCUT2D eigenvalue weighted by Gasteiger charge is 2.26. The standard InChI is InChI=1S/C29H38ClN3O4/c1-21-25(19-32(18-24-13-10-16-35-24)17-23(34)20-36-29(2,3)4)28(37-27-15-9-8-14-26(27)30)33(31-21)22-11-6-5-7-12-22/h5-9,11-12,14-15,23-24,34H,10,13,16-20H2,1-4H3. The number of hydrogen-bond donors (Lipinski definition) is 1. The van der Waals surface area contributed by atoms with Gasteiger partial charge in [-0.1, -0.05) is 41.9 Å². The van der Waals surface area contributed by atoms with Crippen LogP contribution in [0, 0.1) is 6.92 Å². The number of para-hydroxylation sites is 2. The van der Waals surface area contributed by atoms with Gasteiger partial charge in [0.2, 0.25) is 5.88 Å². The fourth-order valence-electron chi connectivity index (χ4n) is 4.40. The highest BCUT2D eigenvalue weighted by atomic mass is 35.5. The zero-order valence-electron chi connectivity index (χ0n) is 22.2. The minimum atomic E-state index is -0.641. The fraction of sp³-hybridized carbons (Fsp3) is 0.483. The minimum absolute atomic E-state index is 0.133. The maximum Gasteiger partial charge on any atom is 0.227 e. The van der Waals surface area contributed by atoms with Gasteiger partial charge in [-0.3, -0.25) is 4.90 Å². The van der Waals surface area contributed by atoms with Crippen LogP contribution in [0.4, 0.5) is 0 Å². The van der Waals surface area contributed by atoms with Crippen molar-refractivity contribution in [2.45, 2.75) is 64.9 Å². The molecule has 0 bridgehead atoms. The van der Waals surface area contributed by atoms with Crippen LogP contribution in [0.3, 0.4) is 0 Å². The Bertz CT molecular complexity index is 1140. The molecule has 2 atom stereocenters. The maximum atomic E-state index is 10.9. The largest absolute Gasteiger partial charge is 0.437 e. The summed E-state index contributed by atoms with van der Waals surface area (Å²) in [5.41, 5.74) is 2.36. The molecule has 1 aliphatic rings. The molecule has 2 heterocycles. The number of hydrogen-bond acceptors (Lipinski definition) is 6. The fourth-order valence-corrected chi connectivity index (χ4v) is 4.58. The van der Waals surface area contributed by atoms with E-state index in [4.69, 9.17) is 30.9 Å². The molecule has 0 radical (unpaired) electrons. The van der Waals surface area contributed by atoms with Gasteiger partial charge in [0.1, 0.15) is 5.75 Å².